The van der Waals surface area contributed by atoms with Crippen LogP contribution < -0.4 is 10.6 Å². The van der Waals surface area contributed by atoms with Gasteiger partial charge >= 0.3 is 11.8 Å². The van der Waals surface area contributed by atoms with Gasteiger partial charge in [-0.1, -0.05) is 38.1 Å². The quantitative estimate of drug-likeness (QED) is 0.281. The number of pyridine rings is 1. The van der Waals surface area contributed by atoms with Gasteiger partial charge in [0, 0.05) is 17.2 Å². The van der Waals surface area contributed by atoms with Crippen molar-refractivity contribution in [2.45, 2.75) is 64.8 Å². The number of H-pyrrole nitrogens is 1. The van der Waals surface area contributed by atoms with Crippen LogP contribution in [0.3, 0.4) is 0 Å². The second-order valence-corrected chi connectivity index (χ2v) is 11.7. The zero-order valence-corrected chi connectivity index (χ0v) is 23.5. The van der Waals surface area contributed by atoms with E-state index < -0.39 is 5.91 Å². The van der Waals surface area contributed by atoms with Gasteiger partial charge in [-0.05, 0) is 74.5 Å². The molecule has 1 aliphatic heterocycles. The maximum absolute atomic E-state index is 12.8. The maximum Gasteiger partial charge on any atom is 0.315 e. The second-order valence-electron chi connectivity index (χ2n) is 11.7. The van der Waals surface area contributed by atoms with Crippen molar-refractivity contribution in [3.05, 3.63) is 65.2 Å². The SMILES string of the molecule is Cc1cc(-c2ncnc3[nH]c4cc(C5CCNCC5)cnc4c23)ccc1[C@@H](C)NC(=O)c1nc(C(C)(C)C)no1. The molecule has 0 saturated carbocycles. The normalized spacial score (nSPS) is 15.5. The van der Waals surface area contributed by atoms with Crippen LogP contribution in [-0.4, -0.2) is 49.1 Å². The second kappa shape index (κ2) is 10.1. The molecule has 5 aromatic rings. The zero-order valence-electron chi connectivity index (χ0n) is 23.5. The van der Waals surface area contributed by atoms with E-state index in [1.165, 1.54) is 5.56 Å². The predicted molar refractivity (Wildman–Crippen MR) is 153 cm³/mol. The monoisotopic (exact) mass is 538 g/mol. The molecule has 0 aliphatic carbocycles. The van der Waals surface area contributed by atoms with Gasteiger partial charge in [0.2, 0.25) is 0 Å². The lowest BCUT2D eigenvalue weighted by Gasteiger charge is -2.22. The van der Waals surface area contributed by atoms with Gasteiger partial charge in [-0.2, -0.15) is 4.98 Å². The summed E-state index contributed by atoms with van der Waals surface area (Å²) in [6, 6.07) is 8.09. The molecule has 206 valence electrons. The topological polar surface area (TPSA) is 135 Å². The molecule has 5 heterocycles. The molecule has 1 aromatic carbocycles. The first-order valence-electron chi connectivity index (χ1n) is 13.8. The molecule has 3 N–H and O–H groups in total. The van der Waals surface area contributed by atoms with Crippen molar-refractivity contribution < 1.29 is 9.32 Å². The highest BCUT2D eigenvalue weighted by Crippen LogP contribution is 2.34. The number of carbonyl (C=O) groups is 1. The van der Waals surface area contributed by atoms with Crippen molar-refractivity contribution in [2.75, 3.05) is 13.1 Å². The Bertz CT molecular complexity index is 1710. The molecule has 10 heteroatoms. The molecular weight excluding hydrogens is 504 g/mol. The van der Waals surface area contributed by atoms with E-state index in [4.69, 9.17) is 9.51 Å². The van der Waals surface area contributed by atoms with Crippen LogP contribution in [0.25, 0.3) is 33.3 Å². The highest BCUT2D eigenvalue weighted by Gasteiger charge is 2.25. The van der Waals surface area contributed by atoms with Gasteiger partial charge in [-0.15, -0.1) is 0 Å². The van der Waals surface area contributed by atoms with Gasteiger partial charge in [-0.3, -0.25) is 9.78 Å². The minimum Gasteiger partial charge on any atom is -0.341 e. The summed E-state index contributed by atoms with van der Waals surface area (Å²) in [4.78, 5) is 34.6. The molecule has 1 atom stereocenters. The van der Waals surface area contributed by atoms with E-state index in [0.29, 0.717) is 11.7 Å². The molecule has 10 nitrogen and oxygen atoms in total. The molecule has 1 aliphatic rings. The summed E-state index contributed by atoms with van der Waals surface area (Å²) < 4.78 is 5.21. The average molecular weight is 539 g/mol. The molecule has 0 radical (unpaired) electrons. The fourth-order valence-corrected chi connectivity index (χ4v) is 5.47. The molecule has 1 amide bonds. The van der Waals surface area contributed by atoms with Gasteiger partial charge < -0.3 is 20.1 Å². The number of fused-ring (bicyclic) bond motifs is 3. The highest BCUT2D eigenvalue weighted by molar-refractivity contribution is 6.10. The van der Waals surface area contributed by atoms with Crippen LogP contribution in [0.4, 0.5) is 0 Å². The Hall–Kier alpha value is -4.18. The number of aromatic amines is 1. The Labute approximate surface area is 232 Å². The van der Waals surface area contributed by atoms with Crippen LogP contribution in [0.2, 0.25) is 0 Å². The lowest BCUT2D eigenvalue weighted by Crippen LogP contribution is -2.27. The summed E-state index contributed by atoms with van der Waals surface area (Å²) in [5.74, 6) is 0.583. The molecule has 0 bridgehead atoms. The molecule has 6 rings (SSSR count). The van der Waals surface area contributed by atoms with Crippen molar-refractivity contribution in [1.82, 2.24) is 40.7 Å². The van der Waals surface area contributed by atoms with E-state index in [1.807, 2.05) is 52.9 Å². The lowest BCUT2D eigenvalue weighted by atomic mass is 9.91. The van der Waals surface area contributed by atoms with Crippen molar-refractivity contribution in [1.29, 1.82) is 0 Å². The third-order valence-corrected chi connectivity index (χ3v) is 7.70. The van der Waals surface area contributed by atoms with Crippen molar-refractivity contribution in [2.24, 2.45) is 0 Å². The Morgan fingerprint density at radius 1 is 1.12 bits per heavy atom. The van der Waals surface area contributed by atoms with E-state index in [-0.39, 0.29) is 17.3 Å². The Morgan fingerprint density at radius 3 is 2.65 bits per heavy atom. The lowest BCUT2D eigenvalue weighted by molar-refractivity contribution is 0.0895. The summed E-state index contributed by atoms with van der Waals surface area (Å²) in [6.07, 6.45) is 5.84. The zero-order chi connectivity index (χ0) is 28.0. The van der Waals surface area contributed by atoms with Crippen molar-refractivity contribution in [3.63, 3.8) is 0 Å². The molecule has 1 saturated heterocycles. The smallest absolute Gasteiger partial charge is 0.315 e. The number of aryl methyl sites for hydroxylation is 1. The van der Waals surface area contributed by atoms with E-state index in [1.54, 1.807) is 6.33 Å². The van der Waals surface area contributed by atoms with Crippen LogP contribution in [0.5, 0.6) is 0 Å². The number of aromatic nitrogens is 6. The Morgan fingerprint density at radius 2 is 1.93 bits per heavy atom. The van der Waals surface area contributed by atoms with Crippen molar-refractivity contribution in [3.8, 4) is 11.3 Å². The number of amides is 1. The van der Waals surface area contributed by atoms with Gasteiger partial charge in [0.25, 0.3) is 0 Å². The minimum atomic E-state index is -0.398. The Balaban J connectivity index is 1.27. The van der Waals surface area contributed by atoms with Crippen molar-refractivity contribution >= 4 is 28.0 Å². The molecular formula is C30H34N8O2. The van der Waals surface area contributed by atoms with Gasteiger partial charge in [0.1, 0.15) is 12.0 Å². The number of piperidine rings is 1. The standard InChI is InChI=1S/C30H34N8O2/c1-16-12-19(6-7-21(16)17(2)35-27(39)28-37-29(38-40-28)30(3,4)5)24-23-25-22(36-26(23)34-15-33-24)13-20(14-32-25)18-8-10-31-11-9-18/h6-7,12-15,17-18,31H,8-11H2,1-5H3,(H,35,39)(H,33,34,36)/t17-/m1/s1. The summed E-state index contributed by atoms with van der Waals surface area (Å²) in [5.41, 5.74) is 7.39. The average Bonchev–Trinajstić information content (AvgIpc) is 3.58. The predicted octanol–water partition coefficient (Wildman–Crippen LogP) is 5.12. The van der Waals surface area contributed by atoms with Crippen LogP contribution >= 0.6 is 0 Å². The number of benzene rings is 1. The number of rotatable bonds is 5. The molecule has 0 spiro atoms. The van der Waals surface area contributed by atoms with E-state index >= 15 is 0 Å². The minimum absolute atomic E-state index is 0.0374. The molecule has 4 aromatic heterocycles. The van der Waals surface area contributed by atoms with Crippen LogP contribution in [0, 0.1) is 6.92 Å². The van der Waals surface area contributed by atoms with Crippen LogP contribution in [0.1, 0.15) is 85.7 Å². The van der Waals surface area contributed by atoms with Crippen LogP contribution in [0.15, 0.2) is 41.3 Å². The van der Waals surface area contributed by atoms with E-state index in [2.05, 4.69) is 47.9 Å². The highest BCUT2D eigenvalue weighted by atomic mass is 16.5. The summed E-state index contributed by atoms with van der Waals surface area (Å²) in [6.45, 7) is 12.0. The number of nitrogens with zero attached hydrogens (tertiary/aromatic N) is 5. The summed E-state index contributed by atoms with van der Waals surface area (Å²) in [7, 11) is 0. The van der Waals surface area contributed by atoms with Gasteiger partial charge in [0.05, 0.1) is 28.2 Å². The molecule has 0 unspecified atom stereocenters. The number of carbonyl (C=O) groups excluding carboxylic acids is 1. The third kappa shape index (κ3) is 4.83. The fraction of sp³-hybridized carbons (Fsp3) is 0.400. The molecule has 40 heavy (non-hydrogen) atoms. The molecule has 1 fully saturated rings. The van der Waals surface area contributed by atoms with Gasteiger partial charge in [-0.25, -0.2) is 9.97 Å². The summed E-state index contributed by atoms with van der Waals surface area (Å²) in [5, 5.41) is 11.3. The number of nitrogens with one attached hydrogen (secondary N) is 3. The largest absolute Gasteiger partial charge is 0.341 e. The first kappa shape index (κ1) is 26.1. The first-order chi connectivity index (χ1) is 19.2. The Kier molecular flexibility index (Phi) is 6.58. The van der Waals surface area contributed by atoms with Crippen LogP contribution in [-0.2, 0) is 5.41 Å². The van der Waals surface area contributed by atoms with E-state index in [0.717, 1.165) is 70.4 Å². The van der Waals surface area contributed by atoms with E-state index in [9.17, 15) is 4.79 Å². The summed E-state index contributed by atoms with van der Waals surface area (Å²) >= 11 is 0. The number of hydrogen-bond acceptors (Lipinski definition) is 8. The van der Waals surface area contributed by atoms with Gasteiger partial charge in [0.15, 0.2) is 5.82 Å². The maximum atomic E-state index is 12.8. The first-order valence-corrected chi connectivity index (χ1v) is 13.8. The third-order valence-electron chi connectivity index (χ3n) is 7.70. The number of hydrogen-bond donors (Lipinski definition) is 3. The fourth-order valence-electron chi connectivity index (χ4n) is 5.47.